The summed E-state index contributed by atoms with van der Waals surface area (Å²) in [7, 11) is 0. The molecule has 10 heterocycles. The standard InChI is InChI=1S/C12H8IO.C5H5.Fe/c13-11-7-5-10(6-8-11)12(14)9-3-1-2-4-9;1-2-4-5-3-1;/h1-8H;1-5H;. The van der Waals surface area contributed by atoms with E-state index in [1.54, 1.807) is 0 Å². The summed E-state index contributed by atoms with van der Waals surface area (Å²) in [6.45, 7) is -3.21. The van der Waals surface area contributed by atoms with Crippen LogP contribution < -0.4 is 0 Å². The van der Waals surface area contributed by atoms with Gasteiger partial charge in [0.25, 0.3) is 0 Å². The van der Waals surface area contributed by atoms with Gasteiger partial charge in [-0.05, 0) is 0 Å². The van der Waals surface area contributed by atoms with Crippen LogP contribution in [0.2, 0.25) is 47.7 Å². The van der Waals surface area contributed by atoms with Crippen LogP contribution in [0, 0.1) is 3.57 Å². The molecule has 3 heteroatoms. The topological polar surface area (TPSA) is 17.1 Å². The van der Waals surface area contributed by atoms with Crippen LogP contribution >= 0.6 is 22.6 Å². The molecule has 0 amide bonds. The molecule has 10 aliphatic rings. The van der Waals surface area contributed by atoms with Crippen LogP contribution in [-0.4, -0.2) is 5.78 Å². The number of ketones is 1. The number of carbonyl (C=O) groups is 1. The Balaban J connectivity index is 1.38. The van der Waals surface area contributed by atoms with Gasteiger partial charge in [-0.25, -0.2) is 0 Å². The van der Waals surface area contributed by atoms with Crippen LogP contribution in [-0.2, 0) is 6.51 Å². The van der Waals surface area contributed by atoms with Crippen molar-refractivity contribution in [1.29, 1.82) is 0 Å². The molecular formula is C17H13FeIO. The van der Waals surface area contributed by atoms with Crippen molar-refractivity contribution < 1.29 is 11.3 Å². The molecule has 1 aromatic rings. The summed E-state index contributed by atoms with van der Waals surface area (Å²) >= 11 is 2.34. The maximum absolute atomic E-state index is 13.6. The Morgan fingerprint density at radius 2 is 1.40 bits per heavy atom. The second kappa shape index (κ2) is 0.758. The summed E-state index contributed by atoms with van der Waals surface area (Å²) in [5.41, 5.74) is 1.08. The molecule has 1 nitrogen and oxygen atoms in total. The number of benzene rings is 1. The quantitative estimate of drug-likeness (QED) is 0.367. The summed E-state index contributed by atoms with van der Waals surface area (Å²) in [5, 5.41) is 0. The summed E-state index contributed by atoms with van der Waals surface area (Å²) < 4.78 is 1.66. The van der Waals surface area contributed by atoms with E-state index in [-0.39, 0.29) is 0 Å². The van der Waals surface area contributed by atoms with Crippen molar-refractivity contribution >= 4 is 28.4 Å². The van der Waals surface area contributed by atoms with Crippen LogP contribution in [0.15, 0.2) is 24.3 Å². The van der Waals surface area contributed by atoms with E-state index in [1.165, 1.54) is 37.3 Å². The van der Waals surface area contributed by atoms with Gasteiger partial charge in [0.2, 0.25) is 0 Å². The maximum atomic E-state index is 13.6. The number of halogens is 1. The average molecular weight is 416 g/mol. The van der Waals surface area contributed by atoms with E-state index in [0.29, 0.717) is 10.1 Å². The Labute approximate surface area is 120 Å². The van der Waals surface area contributed by atoms with E-state index in [2.05, 4.69) is 46.9 Å². The van der Waals surface area contributed by atoms with Crippen molar-refractivity contribution in [3.63, 3.8) is 0 Å². The first-order chi connectivity index (χ1) is 9.46. The molecule has 20 heavy (non-hydrogen) atoms. The van der Waals surface area contributed by atoms with Crippen LogP contribution in [0.1, 0.15) is 10.4 Å². The first kappa shape index (κ1) is 8.12. The van der Waals surface area contributed by atoms with Gasteiger partial charge in [0, 0.05) is 0 Å². The number of rotatable bonds is 2. The molecule has 4 unspecified atom stereocenters. The van der Waals surface area contributed by atoms with Gasteiger partial charge >= 0.3 is 121 Å². The third-order valence-corrected chi connectivity index (χ3v) is 59.1. The zero-order valence-corrected chi connectivity index (χ0v) is 13.9. The molecule has 0 aromatic heterocycles. The Bertz CT molecular complexity index is 1170. The summed E-state index contributed by atoms with van der Waals surface area (Å²) in [6, 6.07) is 8.55. The second-order valence-corrected chi connectivity index (χ2v) is 36.3. The van der Waals surface area contributed by atoms with Gasteiger partial charge in [-0.3, -0.25) is 0 Å². The molecule has 10 fully saturated rings. The van der Waals surface area contributed by atoms with Crippen molar-refractivity contribution in [1.82, 2.24) is 0 Å². The Morgan fingerprint density at radius 3 is 1.75 bits per heavy atom. The normalized spacial score (nSPS) is 103. The average Bonchev–Trinajstić information content (AvgIpc) is 3.39. The minimum atomic E-state index is -3.21. The van der Waals surface area contributed by atoms with Gasteiger partial charge in [-0.2, -0.15) is 0 Å². The SMILES string of the molecule is O=C(c1ccc(I)cc1)[C]12[CH]3[CH]4[CH]5[CH]1[Fe]45321678[CH]2[CH]1[CH]6[CH]7[CH]28. The first-order valence-electron chi connectivity index (χ1n) is 7.97. The van der Waals surface area contributed by atoms with E-state index in [4.69, 9.17) is 0 Å². The summed E-state index contributed by atoms with van der Waals surface area (Å²) in [5.74, 6) is 0.681. The van der Waals surface area contributed by atoms with Gasteiger partial charge in [0.15, 0.2) is 0 Å². The van der Waals surface area contributed by atoms with Crippen LogP contribution in [0.25, 0.3) is 0 Å². The predicted molar refractivity (Wildman–Crippen MR) is 79.9 cm³/mol. The molecule has 0 radical (unpaired) electrons. The number of hydrogen-bond donors (Lipinski definition) is 0. The van der Waals surface area contributed by atoms with Crippen LogP contribution in [0.4, 0.5) is 0 Å². The second-order valence-electron chi connectivity index (χ2n) is 11.5. The van der Waals surface area contributed by atoms with Crippen molar-refractivity contribution in [2.24, 2.45) is 0 Å². The molecule has 11 rings (SSSR count). The van der Waals surface area contributed by atoms with Crippen molar-refractivity contribution in [3.05, 3.63) is 33.4 Å². The third kappa shape index (κ3) is 0.0980. The minimum absolute atomic E-state index is 0.409. The van der Waals surface area contributed by atoms with Gasteiger partial charge in [-0.15, -0.1) is 0 Å². The number of hydrogen-bond acceptors (Lipinski definition) is 1. The number of carbonyl (C=O) groups excluding carboxylic acids is 1. The first-order valence-corrected chi connectivity index (χ1v) is 15.3. The zero-order chi connectivity index (χ0) is 12.6. The summed E-state index contributed by atoms with van der Waals surface area (Å²) in [6.07, 6.45) is 0. The molecule has 102 valence electrons. The third-order valence-electron chi connectivity index (χ3n) is 16.1. The van der Waals surface area contributed by atoms with E-state index < -0.39 is 6.51 Å². The van der Waals surface area contributed by atoms with Gasteiger partial charge in [0.1, 0.15) is 0 Å². The van der Waals surface area contributed by atoms with Crippen molar-refractivity contribution in [2.75, 3.05) is 0 Å². The Hall–Kier alpha value is 0.139. The molecule has 1 spiro atoms. The molecule has 0 aliphatic carbocycles. The molecule has 0 N–H and O–H groups in total. The zero-order valence-electron chi connectivity index (χ0n) is 10.6. The van der Waals surface area contributed by atoms with Gasteiger partial charge in [-0.1, -0.05) is 0 Å². The Kier molecular flexibility index (Phi) is 0.308. The molecule has 10 saturated heterocycles. The fourth-order valence-corrected chi connectivity index (χ4v) is 91.8. The van der Waals surface area contributed by atoms with Crippen molar-refractivity contribution in [3.8, 4) is 0 Å². The fraction of sp³-hybridized carbons (Fsp3) is 0.588. The molecular weight excluding hydrogens is 403 g/mol. The van der Waals surface area contributed by atoms with E-state index in [1.807, 2.05) is 0 Å². The number of Topliss-reactive ketones (excluding diaryl/α,β-unsaturated/α-hetero) is 1. The van der Waals surface area contributed by atoms with Crippen LogP contribution in [0.5, 0.6) is 0 Å². The van der Waals surface area contributed by atoms with Crippen LogP contribution in [0.3, 0.4) is 0 Å². The summed E-state index contributed by atoms with van der Waals surface area (Å²) in [4.78, 5) is 24.6. The molecule has 10 aliphatic heterocycles. The van der Waals surface area contributed by atoms with E-state index in [9.17, 15) is 4.79 Å². The fourth-order valence-electron chi connectivity index (χ4n) is 17.6. The van der Waals surface area contributed by atoms with Crippen molar-refractivity contribution in [2.45, 2.75) is 47.7 Å². The van der Waals surface area contributed by atoms with E-state index in [0.717, 1.165) is 15.2 Å². The number of fused-ring (bicyclic) bond motifs is 10. The Morgan fingerprint density at radius 1 is 0.900 bits per heavy atom. The molecule has 1 aromatic carbocycles. The molecule has 0 bridgehead atoms. The monoisotopic (exact) mass is 416 g/mol. The molecule has 0 saturated carbocycles. The van der Waals surface area contributed by atoms with E-state index >= 15 is 0 Å². The van der Waals surface area contributed by atoms with Gasteiger partial charge < -0.3 is 0 Å². The van der Waals surface area contributed by atoms with Gasteiger partial charge in [0.05, 0.1) is 0 Å². The molecule has 4 atom stereocenters. The predicted octanol–water partition coefficient (Wildman–Crippen LogP) is 5.23.